The van der Waals surface area contributed by atoms with E-state index in [1.165, 1.54) is 23.9 Å². The molecule has 3 aromatic rings. The van der Waals surface area contributed by atoms with Gasteiger partial charge in [0.1, 0.15) is 11.5 Å². The summed E-state index contributed by atoms with van der Waals surface area (Å²) in [5.41, 5.74) is -0.513. The van der Waals surface area contributed by atoms with Crippen LogP contribution in [0.3, 0.4) is 0 Å². The number of aryl methyl sites for hydroxylation is 1. The van der Waals surface area contributed by atoms with E-state index in [-0.39, 0.29) is 27.8 Å². The molecule has 13 heteroatoms. The Balaban J connectivity index is 1.95. The molecule has 0 saturated carbocycles. The van der Waals surface area contributed by atoms with Crippen LogP contribution in [0.15, 0.2) is 36.4 Å². The lowest BCUT2D eigenvalue weighted by Gasteiger charge is -2.16. The Morgan fingerprint density at radius 1 is 1.10 bits per heavy atom. The summed E-state index contributed by atoms with van der Waals surface area (Å²) in [5.74, 6) is -2.59. The lowest BCUT2D eigenvalue weighted by molar-refractivity contribution is -0.0493. The van der Waals surface area contributed by atoms with Gasteiger partial charge in [0.15, 0.2) is 5.75 Å². The monoisotopic (exact) mass is 440 g/mol. The highest BCUT2D eigenvalue weighted by Crippen LogP contribution is 2.37. The quantitative estimate of drug-likeness (QED) is 0.609. The summed E-state index contributed by atoms with van der Waals surface area (Å²) in [5, 5.41) is 14.8. The normalized spacial score (nSPS) is 10.7. The average Bonchev–Trinajstić information content (AvgIpc) is 3.09. The lowest BCUT2D eigenvalue weighted by atomic mass is 10.1. The summed E-state index contributed by atoms with van der Waals surface area (Å²) in [4.78, 5) is 24.9. The summed E-state index contributed by atoms with van der Waals surface area (Å²) in [6, 6.07) is 6.64. The molecule has 0 aliphatic rings. The molecule has 156 valence electrons. The first-order valence-electron chi connectivity index (χ1n) is 8.14. The van der Waals surface area contributed by atoms with Gasteiger partial charge in [0.25, 0.3) is 11.8 Å². The molecule has 0 radical (unpaired) electrons. The van der Waals surface area contributed by atoms with E-state index >= 15 is 0 Å². The molecule has 0 fully saturated rings. The number of rotatable bonds is 6. The number of ether oxygens (including phenoxy) is 1. The maximum Gasteiger partial charge on any atom is 0.387 e. The number of hydrogen-bond donors (Lipinski definition) is 2. The molecule has 2 aromatic carbocycles. The summed E-state index contributed by atoms with van der Waals surface area (Å²) < 4.78 is 44.2. The van der Waals surface area contributed by atoms with Crippen molar-refractivity contribution in [3.63, 3.8) is 0 Å². The van der Waals surface area contributed by atoms with Crippen molar-refractivity contribution < 1.29 is 27.5 Å². The Morgan fingerprint density at radius 3 is 2.40 bits per heavy atom. The number of tetrazole rings is 1. The fraction of sp³-hybridized carbons (Fsp3) is 0.118. The van der Waals surface area contributed by atoms with E-state index in [0.29, 0.717) is 0 Å². The number of benzene rings is 2. The van der Waals surface area contributed by atoms with Crippen molar-refractivity contribution in [1.82, 2.24) is 20.2 Å². The topological polar surface area (TPSA) is 111 Å². The number of nitrogens with zero attached hydrogens (tertiary/aromatic N) is 4. The van der Waals surface area contributed by atoms with Crippen molar-refractivity contribution in [3.8, 4) is 5.75 Å². The molecule has 0 aliphatic heterocycles. The van der Waals surface area contributed by atoms with E-state index in [9.17, 15) is 22.8 Å². The van der Waals surface area contributed by atoms with Crippen LogP contribution >= 0.6 is 11.6 Å². The molecule has 2 amide bonds. The third-order valence-corrected chi connectivity index (χ3v) is 4.15. The predicted molar refractivity (Wildman–Crippen MR) is 99.2 cm³/mol. The fourth-order valence-corrected chi connectivity index (χ4v) is 2.62. The van der Waals surface area contributed by atoms with E-state index in [1.807, 2.05) is 0 Å². The molecule has 0 atom stereocenters. The van der Waals surface area contributed by atoms with Crippen LogP contribution in [0.25, 0.3) is 0 Å². The van der Waals surface area contributed by atoms with Crippen LogP contribution in [0.1, 0.15) is 20.7 Å². The zero-order chi connectivity index (χ0) is 21.8. The van der Waals surface area contributed by atoms with Gasteiger partial charge in [0.05, 0.1) is 10.6 Å². The third-order valence-electron chi connectivity index (χ3n) is 3.75. The van der Waals surface area contributed by atoms with Gasteiger partial charge >= 0.3 is 6.61 Å². The number of anilines is 2. The zero-order valence-corrected chi connectivity index (χ0v) is 15.8. The lowest BCUT2D eigenvalue weighted by Crippen LogP contribution is -2.18. The number of hydrogen-bond acceptors (Lipinski definition) is 6. The number of carbonyl (C=O) groups excluding carboxylic acids is 2. The maximum absolute atomic E-state index is 13.1. The van der Waals surface area contributed by atoms with Crippen LogP contribution in [0.4, 0.5) is 24.8 Å². The van der Waals surface area contributed by atoms with Gasteiger partial charge in [-0.15, -0.1) is 0 Å². The summed E-state index contributed by atoms with van der Waals surface area (Å²) >= 11 is 6.21. The second-order valence-electron chi connectivity index (χ2n) is 5.72. The average molecular weight is 441 g/mol. The number of aromatic nitrogens is 4. The number of halogens is 4. The van der Waals surface area contributed by atoms with Gasteiger partial charge in [0.2, 0.25) is 5.95 Å². The predicted octanol–water partition coefficient (Wildman–Crippen LogP) is 3.11. The van der Waals surface area contributed by atoms with Gasteiger partial charge in [-0.25, -0.2) is 9.07 Å². The Hall–Kier alpha value is -3.67. The molecule has 1 aromatic heterocycles. The second kappa shape index (κ2) is 8.78. The minimum atomic E-state index is -3.22. The zero-order valence-electron chi connectivity index (χ0n) is 15.1. The minimum Gasteiger partial charge on any atom is -0.433 e. The third kappa shape index (κ3) is 4.66. The van der Waals surface area contributed by atoms with Gasteiger partial charge < -0.3 is 10.1 Å². The van der Waals surface area contributed by atoms with E-state index < -0.39 is 30.0 Å². The highest BCUT2D eigenvalue weighted by molar-refractivity contribution is 6.38. The molecule has 3 rings (SSSR count). The first-order chi connectivity index (χ1) is 14.3. The molecule has 9 nitrogen and oxygen atoms in total. The molecular formula is C17H12ClF3N6O3. The SMILES string of the molecule is Cn1nnnc1NC(=O)c1ccc(OC(F)F)c(NC(=O)c2ccc(F)cc2)c1Cl. The molecule has 0 saturated heterocycles. The maximum atomic E-state index is 13.1. The standard InChI is InChI=1S/C17H12ClF3N6O3/c1-27-17(24-25-26-27)23-15(29)10-6-7-11(30-16(20)21)13(12(10)18)22-14(28)8-2-4-9(19)5-3-8/h2-7,16H,1H3,(H,22,28)(H,23,24,26,29). The Kier molecular flexibility index (Phi) is 6.16. The van der Waals surface area contributed by atoms with Crippen LogP contribution in [-0.2, 0) is 7.05 Å². The molecular weight excluding hydrogens is 429 g/mol. The molecule has 30 heavy (non-hydrogen) atoms. The number of carbonyl (C=O) groups is 2. The van der Waals surface area contributed by atoms with E-state index in [1.54, 1.807) is 0 Å². The van der Waals surface area contributed by atoms with E-state index in [0.717, 1.165) is 24.3 Å². The highest BCUT2D eigenvalue weighted by atomic mass is 35.5. The van der Waals surface area contributed by atoms with Crippen molar-refractivity contribution in [3.05, 3.63) is 58.4 Å². The number of nitrogens with one attached hydrogen (secondary N) is 2. The Labute approximate surface area is 171 Å². The van der Waals surface area contributed by atoms with Gasteiger partial charge in [-0.1, -0.05) is 16.7 Å². The Bertz CT molecular complexity index is 1090. The van der Waals surface area contributed by atoms with Crippen LogP contribution in [0, 0.1) is 5.82 Å². The first kappa shape index (κ1) is 21.0. The van der Waals surface area contributed by atoms with Gasteiger partial charge in [0, 0.05) is 12.6 Å². The molecule has 0 bridgehead atoms. The van der Waals surface area contributed by atoms with E-state index in [4.69, 9.17) is 11.6 Å². The van der Waals surface area contributed by atoms with Crippen LogP contribution < -0.4 is 15.4 Å². The van der Waals surface area contributed by atoms with E-state index in [2.05, 4.69) is 30.9 Å². The minimum absolute atomic E-state index is 0.000807. The molecule has 0 spiro atoms. The van der Waals surface area contributed by atoms with Gasteiger partial charge in [-0.2, -0.15) is 8.78 Å². The van der Waals surface area contributed by atoms with Crippen molar-refractivity contribution in [2.75, 3.05) is 10.6 Å². The summed E-state index contributed by atoms with van der Waals surface area (Å²) in [6.07, 6.45) is 0. The summed E-state index contributed by atoms with van der Waals surface area (Å²) in [6.45, 7) is -3.22. The highest BCUT2D eigenvalue weighted by Gasteiger charge is 2.22. The number of amides is 2. The van der Waals surface area contributed by atoms with Crippen LogP contribution in [0.5, 0.6) is 5.75 Å². The van der Waals surface area contributed by atoms with Gasteiger partial charge in [-0.05, 0) is 46.8 Å². The largest absolute Gasteiger partial charge is 0.433 e. The number of alkyl halides is 2. The van der Waals surface area contributed by atoms with Crippen molar-refractivity contribution >= 4 is 35.1 Å². The van der Waals surface area contributed by atoms with Crippen molar-refractivity contribution in [1.29, 1.82) is 0 Å². The molecule has 1 heterocycles. The first-order valence-corrected chi connectivity index (χ1v) is 8.52. The van der Waals surface area contributed by atoms with Gasteiger partial charge in [-0.3, -0.25) is 14.9 Å². The van der Waals surface area contributed by atoms with Crippen molar-refractivity contribution in [2.24, 2.45) is 7.05 Å². The fourth-order valence-electron chi connectivity index (χ4n) is 2.34. The molecule has 0 unspecified atom stereocenters. The molecule has 2 N–H and O–H groups in total. The van der Waals surface area contributed by atoms with Crippen LogP contribution in [0.2, 0.25) is 5.02 Å². The Morgan fingerprint density at radius 2 is 1.80 bits per heavy atom. The smallest absolute Gasteiger partial charge is 0.387 e. The molecule has 0 aliphatic carbocycles. The van der Waals surface area contributed by atoms with Crippen molar-refractivity contribution in [2.45, 2.75) is 6.61 Å². The van der Waals surface area contributed by atoms with Crippen LogP contribution in [-0.4, -0.2) is 38.6 Å². The summed E-state index contributed by atoms with van der Waals surface area (Å²) in [7, 11) is 1.48. The second-order valence-corrected chi connectivity index (χ2v) is 6.10.